The Morgan fingerprint density at radius 1 is 0.362 bits per heavy atom. The van der Waals surface area contributed by atoms with Crippen LogP contribution in [0.2, 0.25) is 0 Å². The molecule has 0 bridgehead atoms. The molecule has 2 heteroatoms. The van der Waals surface area contributed by atoms with Crippen LogP contribution in [-0.2, 0) is 10.8 Å². The van der Waals surface area contributed by atoms with Crippen LogP contribution in [0, 0.1) is 0 Å². The third kappa shape index (κ3) is 5.25. The van der Waals surface area contributed by atoms with Gasteiger partial charge in [0.25, 0.3) is 0 Å². The summed E-state index contributed by atoms with van der Waals surface area (Å²) < 4.78 is 0. The van der Waals surface area contributed by atoms with Gasteiger partial charge >= 0.3 is 0 Å². The Balaban J connectivity index is 1.18. The second-order valence-corrected chi connectivity index (χ2v) is 17.1. The fourth-order valence-electron chi connectivity index (χ4n) is 9.84. The van der Waals surface area contributed by atoms with E-state index in [2.05, 4.69) is 231 Å². The summed E-state index contributed by atoms with van der Waals surface area (Å²) in [6.07, 6.45) is 0. The van der Waals surface area contributed by atoms with E-state index in [0.29, 0.717) is 0 Å². The molecule has 1 atom stereocenters. The van der Waals surface area contributed by atoms with Crippen LogP contribution >= 0.6 is 11.8 Å². The molecule has 1 aliphatic carbocycles. The third-order valence-electron chi connectivity index (χ3n) is 12.6. The predicted octanol–water partition coefficient (Wildman–Crippen LogP) is 15.1. The van der Waals surface area contributed by atoms with E-state index >= 15 is 0 Å². The molecular weight excluding hydrogens is 719 g/mol. The first-order valence-corrected chi connectivity index (χ1v) is 21.0. The zero-order valence-electron chi connectivity index (χ0n) is 32.6. The fourth-order valence-corrected chi connectivity index (χ4v) is 11.2. The van der Waals surface area contributed by atoms with Crippen molar-refractivity contribution in [3.8, 4) is 22.3 Å². The van der Waals surface area contributed by atoms with E-state index in [1.165, 1.54) is 76.2 Å². The maximum Gasteiger partial charge on any atom is 0.0730 e. The van der Waals surface area contributed by atoms with Crippen LogP contribution in [0.15, 0.2) is 222 Å². The minimum atomic E-state index is -0.543. The van der Waals surface area contributed by atoms with Gasteiger partial charge in [0.2, 0.25) is 0 Å². The Bertz CT molecular complexity index is 2900. The van der Waals surface area contributed by atoms with Crippen molar-refractivity contribution in [2.24, 2.45) is 0 Å². The quantitative estimate of drug-likeness (QED) is 0.172. The van der Waals surface area contributed by atoms with Gasteiger partial charge in [-0.2, -0.15) is 0 Å². The summed E-state index contributed by atoms with van der Waals surface area (Å²) in [4.78, 5) is 5.09. The molecule has 1 spiro atoms. The smallest absolute Gasteiger partial charge is 0.0730 e. The fraction of sp³-hybridized carbons (Fsp3) is 0.0714. The van der Waals surface area contributed by atoms with E-state index in [-0.39, 0.29) is 5.41 Å². The number of anilines is 3. The molecule has 0 saturated carbocycles. The summed E-state index contributed by atoms with van der Waals surface area (Å²) in [5.41, 5.74) is 15.5. The molecule has 0 aromatic heterocycles. The van der Waals surface area contributed by atoms with E-state index in [9.17, 15) is 0 Å². The Labute approximate surface area is 345 Å². The molecule has 58 heavy (non-hydrogen) atoms. The molecule has 0 radical (unpaired) electrons. The van der Waals surface area contributed by atoms with Crippen molar-refractivity contribution in [3.63, 3.8) is 0 Å². The third-order valence-corrected chi connectivity index (χ3v) is 13.8. The zero-order chi connectivity index (χ0) is 38.8. The molecule has 1 unspecified atom stereocenters. The number of nitrogens with zero attached hydrogens (tertiary/aromatic N) is 1. The van der Waals surface area contributed by atoms with Gasteiger partial charge in [-0.15, -0.1) is 0 Å². The molecule has 9 aromatic carbocycles. The average Bonchev–Trinajstić information content (AvgIpc) is 3.29. The summed E-state index contributed by atoms with van der Waals surface area (Å²) in [7, 11) is 0. The topological polar surface area (TPSA) is 3.24 Å². The number of hydrogen-bond donors (Lipinski definition) is 0. The Morgan fingerprint density at radius 2 is 0.845 bits per heavy atom. The van der Waals surface area contributed by atoms with Crippen molar-refractivity contribution in [3.05, 3.63) is 246 Å². The highest BCUT2D eigenvalue weighted by atomic mass is 32.2. The van der Waals surface area contributed by atoms with Gasteiger partial charge in [-0.3, -0.25) is 0 Å². The highest BCUT2D eigenvalue weighted by molar-refractivity contribution is 7.99. The average molecular weight is 760 g/mol. The van der Waals surface area contributed by atoms with Gasteiger partial charge < -0.3 is 4.90 Å². The van der Waals surface area contributed by atoms with E-state index in [4.69, 9.17) is 0 Å². The highest BCUT2D eigenvalue weighted by Crippen LogP contribution is 2.63. The van der Waals surface area contributed by atoms with Gasteiger partial charge in [0, 0.05) is 32.3 Å². The molecule has 1 heterocycles. The molecule has 0 amide bonds. The number of hydrogen-bond acceptors (Lipinski definition) is 2. The molecule has 0 fully saturated rings. The summed E-state index contributed by atoms with van der Waals surface area (Å²) >= 11 is 1.92. The maximum atomic E-state index is 2.52. The highest BCUT2D eigenvalue weighted by Gasteiger charge is 2.52. The lowest BCUT2D eigenvalue weighted by atomic mass is 9.54. The standard InChI is InChI=1S/C56H41NS/c1-55(2)47-21-11-12-22-49(47)56(50-23-13-14-24-53(50)58-54-46-20-10-9-19-42(46)29-35-51(54)56)52-37-45(34-36-48(52)55)57(43-30-25-40(26-31-43)38-15-5-3-6-16-38)44-32-27-41(28-33-44)39-17-7-4-8-18-39/h3-37H,1-2H3. The second kappa shape index (κ2) is 13.5. The first-order chi connectivity index (χ1) is 28.5. The summed E-state index contributed by atoms with van der Waals surface area (Å²) in [6, 6.07) is 78.7. The summed E-state index contributed by atoms with van der Waals surface area (Å²) in [5, 5.41) is 2.57. The number of benzene rings is 9. The lowest BCUT2D eigenvalue weighted by molar-refractivity contribution is 0.550. The SMILES string of the molecule is CC1(C)c2ccccc2C2(c3ccccc3Sc3c2ccc2ccccc32)c2cc(N(c3ccc(-c4ccccc4)cc3)c3ccc(-c4ccccc4)cc3)ccc21. The number of fused-ring (bicyclic) bond motifs is 10. The maximum absolute atomic E-state index is 2.52. The Morgan fingerprint density at radius 3 is 1.50 bits per heavy atom. The van der Waals surface area contributed by atoms with Crippen molar-refractivity contribution in [2.75, 3.05) is 4.90 Å². The molecule has 0 saturated heterocycles. The first-order valence-electron chi connectivity index (χ1n) is 20.2. The molecule has 1 aliphatic heterocycles. The van der Waals surface area contributed by atoms with E-state index in [1.807, 2.05) is 11.8 Å². The lowest BCUT2D eigenvalue weighted by Gasteiger charge is -2.50. The van der Waals surface area contributed by atoms with E-state index in [0.717, 1.165) is 17.1 Å². The first kappa shape index (κ1) is 34.6. The van der Waals surface area contributed by atoms with Gasteiger partial charge in [-0.05, 0) is 109 Å². The van der Waals surface area contributed by atoms with Crippen LogP contribution in [0.5, 0.6) is 0 Å². The largest absolute Gasteiger partial charge is 0.310 e. The molecule has 11 rings (SSSR count). The molecular formula is C56H41NS. The van der Waals surface area contributed by atoms with Crippen LogP contribution in [-0.4, -0.2) is 0 Å². The molecule has 276 valence electrons. The van der Waals surface area contributed by atoms with Gasteiger partial charge in [0.1, 0.15) is 0 Å². The molecule has 9 aromatic rings. The minimum Gasteiger partial charge on any atom is -0.310 e. The van der Waals surface area contributed by atoms with Crippen molar-refractivity contribution >= 4 is 39.6 Å². The number of rotatable bonds is 5. The van der Waals surface area contributed by atoms with Crippen molar-refractivity contribution in [1.82, 2.24) is 0 Å². The van der Waals surface area contributed by atoms with Crippen molar-refractivity contribution in [2.45, 2.75) is 34.5 Å². The van der Waals surface area contributed by atoms with Crippen LogP contribution in [0.25, 0.3) is 33.0 Å². The minimum absolute atomic E-state index is 0.230. The predicted molar refractivity (Wildman–Crippen MR) is 244 cm³/mol. The van der Waals surface area contributed by atoms with Gasteiger partial charge in [0.15, 0.2) is 0 Å². The van der Waals surface area contributed by atoms with Crippen molar-refractivity contribution < 1.29 is 0 Å². The van der Waals surface area contributed by atoms with E-state index < -0.39 is 5.41 Å². The van der Waals surface area contributed by atoms with Crippen LogP contribution < -0.4 is 4.90 Å². The second-order valence-electron chi connectivity index (χ2n) is 16.1. The van der Waals surface area contributed by atoms with Crippen LogP contribution in [0.1, 0.15) is 47.2 Å². The van der Waals surface area contributed by atoms with Gasteiger partial charge in [-0.1, -0.05) is 195 Å². The summed E-state index contributed by atoms with van der Waals surface area (Å²) in [6.45, 7) is 4.81. The molecule has 2 aliphatic rings. The molecule has 1 nitrogen and oxygen atoms in total. The van der Waals surface area contributed by atoms with Gasteiger partial charge in [0.05, 0.1) is 5.41 Å². The van der Waals surface area contributed by atoms with Crippen LogP contribution in [0.4, 0.5) is 17.1 Å². The normalized spacial score (nSPS) is 15.9. The lowest BCUT2D eigenvalue weighted by Crippen LogP contribution is -2.43. The van der Waals surface area contributed by atoms with Crippen molar-refractivity contribution in [1.29, 1.82) is 0 Å². The Kier molecular flexibility index (Phi) is 8.06. The molecule has 0 N–H and O–H groups in total. The zero-order valence-corrected chi connectivity index (χ0v) is 33.4. The van der Waals surface area contributed by atoms with Crippen LogP contribution in [0.3, 0.4) is 0 Å². The van der Waals surface area contributed by atoms with E-state index in [1.54, 1.807) is 0 Å². The van der Waals surface area contributed by atoms with Gasteiger partial charge in [-0.25, -0.2) is 0 Å². The Hall–Kier alpha value is -6.61. The summed E-state index contributed by atoms with van der Waals surface area (Å²) in [5.74, 6) is 0. The monoisotopic (exact) mass is 759 g/mol.